The molecule has 1 atom stereocenters. The van der Waals surface area contributed by atoms with Crippen LogP contribution in [0.5, 0.6) is 0 Å². The summed E-state index contributed by atoms with van der Waals surface area (Å²) >= 11 is 2.32. The molecule has 2 aliphatic rings. The normalized spacial score (nSPS) is 25.9. The lowest BCUT2D eigenvalue weighted by Crippen LogP contribution is -2.48. The average molecular weight is 395 g/mol. The van der Waals surface area contributed by atoms with Gasteiger partial charge in [-0.1, -0.05) is 0 Å². The van der Waals surface area contributed by atoms with E-state index in [2.05, 4.69) is 44.6 Å². The van der Waals surface area contributed by atoms with Crippen molar-refractivity contribution in [3.8, 4) is 0 Å². The van der Waals surface area contributed by atoms with E-state index < -0.39 is 0 Å². The number of rotatable bonds is 1. The molecule has 2 saturated heterocycles. The Morgan fingerprint density at radius 3 is 2.95 bits per heavy atom. The molecule has 5 heteroatoms. The maximum atomic E-state index is 6.05. The molecule has 0 radical (unpaired) electrons. The lowest BCUT2D eigenvalue weighted by atomic mass is 9.90. The first-order valence-corrected chi connectivity index (χ1v) is 8.63. The zero-order valence-corrected chi connectivity index (χ0v) is 14.0. The molecule has 3 heterocycles. The summed E-state index contributed by atoms with van der Waals surface area (Å²) in [5.74, 6) is 0.985. The Labute approximate surface area is 138 Å². The highest BCUT2D eigenvalue weighted by Crippen LogP contribution is 2.35. The van der Waals surface area contributed by atoms with E-state index in [9.17, 15) is 0 Å². The fourth-order valence-corrected chi connectivity index (χ4v) is 3.97. The van der Waals surface area contributed by atoms with E-state index in [1.54, 1.807) is 0 Å². The van der Waals surface area contributed by atoms with Crippen molar-refractivity contribution in [3.05, 3.63) is 28.0 Å². The predicted octanol–water partition coefficient (Wildman–Crippen LogP) is 3.38. The van der Waals surface area contributed by atoms with Crippen LogP contribution in [-0.2, 0) is 4.74 Å². The molecule has 110 valence electrons. The topological polar surface area (TPSA) is 38.2 Å². The summed E-state index contributed by atoms with van der Waals surface area (Å²) in [6.07, 6.45) is 6.63. The summed E-state index contributed by atoms with van der Waals surface area (Å²) in [5.41, 5.74) is 2.01. The summed E-state index contributed by atoms with van der Waals surface area (Å²) in [7, 11) is 0. The number of hydrogen-bond acceptors (Lipinski definition) is 4. The molecule has 2 aliphatic heterocycles. The molecule has 0 saturated carbocycles. The number of benzene rings is 1. The minimum absolute atomic E-state index is 0.0694. The van der Waals surface area contributed by atoms with Crippen molar-refractivity contribution in [2.75, 3.05) is 24.6 Å². The Bertz CT molecular complexity index is 670. The van der Waals surface area contributed by atoms with Crippen LogP contribution in [-0.4, -0.2) is 35.3 Å². The summed E-state index contributed by atoms with van der Waals surface area (Å²) in [6.45, 7) is 2.92. The van der Waals surface area contributed by atoms with E-state index in [4.69, 9.17) is 9.72 Å². The van der Waals surface area contributed by atoms with E-state index in [0.29, 0.717) is 0 Å². The van der Waals surface area contributed by atoms with E-state index in [1.165, 1.54) is 29.3 Å². The van der Waals surface area contributed by atoms with Gasteiger partial charge in [0, 0.05) is 23.3 Å². The van der Waals surface area contributed by atoms with Crippen molar-refractivity contribution in [2.45, 2.75) is 31.3 Å². The minimum atomic E-state index is 0.0694. The maximum Gasteiger partial charge on any atom is 0.147 e. The van der Waals surface area contributed by atoms with Crippen molar-refractivity contribution in [2.24, 2.45) is 0 Å². The van der Waals surface area contributed by atoms with Crippen LogP contribution in [0.3, 0.4) is 0 Å². The van der Waals surface area contributed by atoms with E-state index in [-0.39, 0.29) is 5.60 Å². The first-order valence-electron chi connectivity index (χ1n) is 7.55. The van der Waals surface area contributed by atoms with Crippen LogP contribution in [0.1, 0.15) is 25.7 Å². The number of anilines is 1. The highest BCUT2D eigenvalue weighted by Gasteiger charge is 2.39. The molecule has 1 aromatic heterocycles. The maximum absolute atomic E-state index is 6.05. The molecule has 2 aromatic rings. The van der Waals surface area contributed by atoms with Gasteiger partial charge in [-0.3, -0.25) is 4.98 Å². The van der Waals surface area contributed by atoms with Gasteiger partial charge in [0.1, 0.15) is 5.82 Å². The summed E-state index contributed by atoms with van der Waals surface area (Å²) < 4.78 is 7.24. The molecule has 2 fully saturated rings. The number of ether oxygens (including phenoxy) is 1. The van der Waals surface area contributed by atoms with E-state index in [1.807, 2.05) is 12.3 Å². The largest absolute Gasteiger partial charge is 0.373 e. The number of hydrogen-bond donors (Lipinski definition) is 0. The van der Waals surface area contributed by atoms with E-state index in [0.717, 1.165) is 36.5 Å². The van der Waals surface area contributed by atoms with Gasteiger partial charge in [0.25, 0.3) is 0 Å². The second-order valence-corrected chi connectivity index (χ2v) is 7.27. The van der Waals surface area contributed by atoms with Crippen LogP contribution >= 0.6 is 22.6 Å². The molecule has 0 amide bonds. The van der Waals surface area contributed by atoms with Crippen LogP contribution < -0.4 is 4.90 Å². The van der Waals surface area contributed by atoms with Crippen LogP contribution in [0.2, 0.25) is 0 Å². The highest BCUT2D eigenvalue weighted by molar-refractivity contribution is 14.1. The molecule has 1 spiro atoms. The SMILES string of the molecule is Ic1ccc2ncc(N3CCCC4(CCCO4)C3)nc2c1. The van der Waals surface area contributed by atoms with Crippen LogP contribution in [0.15, 0.2) is 24.4 Å². The fourth-order valence-electron chi connectivity index (χ4n) is 3.50. The standard InChI is InChI=1S/C16H18IN3O/c17-12-3-4-13-14(9-12)19-15(10-18-13)20-7-1-5-16(11-20)6-2-8-21-16/h3-4,9-10H,1-2,5-8,11H2. The number of fused-ring (bicyclic) bond motifs is 1. The third kappa shape index (κ3) is 2.61. The Kier molecular flexibility index (Phi) is 3.49. The first kappa shape index (κ1) is 13.7. The van der Waals surface area contributed by atoms with Crippen molar-refractivity contribution < 1.29 is 4.74 Å². The van der Waals surface area contributed by atoms with Gasteiger partial charge in [0.2, 0.25) is 0 Å². The van der Waals surface area contributed by atoms with Crippen LogP contribution in [0.4, 0.5) is 5.82 Å². The second-order valence-electron chi connectivity index (χ2n) is 6.02. The average Bonchev–Trinajstić information content (AvgIpc) is 2.94. The fraction of sp³-hybridized carbons (Fsp3) is 0.500. The lowest BCUT2D eigenvalue weighted by molar-refractivity contribution is -0.00635. The molecular weight excluding hydrogens is 377 g/mol. The third-order valence-electron chi connectivity index (χ3n) is 4.54. The van der Waals surface area contributed by atoms with Crippen molar-refractivity contribution in [1.82, 2.24) is 9.97 Å². The first-order chi connectivity index (χ1) is 10.2. The molecule has 4 nitrogen and oxygen atoms in total. The molecule has 0 bridgehead atoms. The van der Waals surface area contributed by atoms with Gasteiger partial charge in [0.15, 0.2) is 0 Å². The predicted molar refractivity (Wildman–Crippen MR) is 91.6 cm³/mol. The molecule has 1 unspecified atom stereocenters. The Balaban J connectivity index is 1.66. The monoisotopic (exact) mass is 395 g/mol. The minimum Gasteiger partial charge on any atom is -0.373 e. The summed E-state index contributed by atoms with van der Waals surface area (Å²) in [5, 5.41) is 0. The molecule has 0 aliphatic carbocycles. The number of halogens is 1. The molecule has 4 rings (SSSR count). The Morgan fingerprint density at radius 1 is 1.19 bits per heavy atom. The Hall–Kier alpha value is -0.950. The number of piperidine rings is 1. The summed E-state index contributed by atoms with van der Waals surface area (Å²) in [6, 6.07) is 6.20. The van der Waals surface area contributed by atoms with Crippen molar-refractivity contribution in [3.63, 3.8) is 0 Å². The van der Waals surface area contributed by atoms with E-state index >= 15 is 0 Å². The van der Waals surface area contributed by atoms with Gasteiger partial charge in [0.05, 0.1) is 22.8 Å². The molecule has 21 heavy (non-hydrogen) atoms. The van der Waals surface area contributed by atoms with Crippen LogP contribution in [0.25, 0.3) is 11.0 Å². The quantitative estimate of drug-likeness (QED) is 0.694. The molecule has 0 N–H and O–H groups in total. The zero-order valence-electron chi connectivity index (χ0n) is 11.9. The molecule has 1 aromatic carbocycles. The van der Waals surface area contributed by atoms with Crippen molar-refractivity contribution >= 4 is 39.4 Å². The highest BCUT2D eigenvalue weighted by atomic mass is 127. The van der Waals surface area contributed by atoms with Gasteiger partial charge in [-0.15, -0.1) is 0 Å². The number of aromatic nitrogens is 2. The van der Waals surface area contributed by atoms with Gasteiger partial charge in [-0.25, -0.2) is 4.98 Å². The second kappa shape index (κ2) is 5.35. The zero-order chi connectivity index (χ0) is 14.3. The summed E-state index contributed by atoms with van der Waals surface area (Å²) in [4.78, 5) is 11.7. The van der Waals surface area contributed by atoms with Gasteiger partial charge >= 0.3 is 0 Å². The molecular formula is C16H18IN3O. The van der Waals surface area contributed by atoms with Gasteiger partial charge in [-0.05, 0) is 66.5 Å². The van der Waals surface area contributed by atoms with Gasteiger partial charge in [-0.2, -0.15) is 0 Å². The van der Waals surface area contributed by atoms with Crippen molar-refractivity contribution in [1.29, 1.82) is 0 Å². The Morgan fingerprint density at radius 2 is 2.10 bits per heavy atom. The number of nitrogens with zero attached hydrogens (tertiary/aromatic N) is 3. The van der Waals surface area contributed by atoms with Crippen LogP contribution in [0, 0.1) is 3.57 Å². The smallest absolute Gasteiger partial charge is 0.147 e. The van der Waals surface area contributed by atoms with Gasteiger partial charge < -0.3 is 9.64 Å². The lowest BCUT2D eigenvalue weighted by Gasteiger charge is -2.40. The third-order valence-corrected chi connectivity index (χ3v) is 5.21.